The fourth-order valence-electron chi connectivity index (χ4n) is 3.86. The van der Waals surface area contributed by atoms with Gasteiger partial charge in [-0.1, -0.05) is 18.2 Å². The van der Waals surface area contributed by atoms with Crippen molar-refractivity contribution < 1.29 is 9.50 Å². The molecule has 0 spiro atoms. The fourth-order valence-corrected chi connectivity index (χ4v) is 3.86. The summed E-state index contributed by atoms with van der Waals surface area (Å²) in [6.07, 6.45) is 4.28. The normalized spacial score (nSPS) is 22.4. The first kappa shape index (κ1) is 18.0. The van der Waals surface area contributed by atoms with Crippen molar-refractivity contribution in [3.05, 3.63) is 65.7 Å². The molecule has 5 heteroatoms. The Morgan fingerprint density at radius 2 is 2.08 bits per heavy atom. The van der Waals surface area contributed by atoms with Crippen molar-refractivity contribution in [3.8, 4) is 0 Å². The maximum Gasteiger partial charge on any atom is 0.123 e. The number of halogens is 1. The minimum Gasteiger partial charge on any atom is -0.387 e. The number of hydrogen-bond acceptors (Lipinski definition) is 4. The Labute approximate surface area is 148 Å². The maximum atomic E-state index is 13.0. The van der Waals surface area contributed by atoms with Crippen LogP contribution in [0, 0.1) is 11.7 Å². The van der Waals surface area contributed by atoms with Crippen molar-refractivity contribution in [1.82, 2.24) is 14.8 Å². The first-order valence-electron chi connectivity index (χ1n) is 8.77. The highest BCUT2D eigenvalue weighted by Crippen LogP contribution is 2.36. The van der Waals surface area contributed by atoms with Gasteiger partial charge in [0, 0.05) is 31.5 Å². The van der Waals surface area contributed by atoms with Gasteiger partial charge in [0.1, 0.15) is 5.82 Å². The molecule has 1 unspecified atom stereocenters. The molecule has 0 saturated carbocycles. The van der Waals surface area contributed by atoms with Gasteiger partial charge in [-0.15, -0.1) is 0 Å². The quantitative estimate of drug-likeness (QED) is 0.875. The summed E-state index contributed by atoms with van der Waals surface area (Å²) < 4.78 is 13.0. The van der Waals surface area contributed by atoms with Crippen LogP contribution in [0.5, 0.6) is 0 Å². The van der Waals surface area contributed by atoms with Crippen LogP contribution in [0.2, 0.25) is 0 Å². The summed E-state index contributed by atoms with van der Waals surface area (Å²) in [5.74, 6) is 0.220. The molecule has 2 aromatic rings. The molecule has 0 radical (unpaired) electrons. The molecule has 0 bridgehead atoms. The molecule has 1 aliphatic rings. The predicted octanol–water partition coefficient (Wildman–Crippen LogP) is 2.88. The number of nitrogens with zero attached hydrogens (tertiary/aromatic N) is 3. The molecule has 1 saturated heterocycles. The van der Waals surface area contributed by atoms with E-state index in [1.807, 2.05) is 19.3 Å². The number of benzene rings is 1. The van der Waals surface area contributed by atoms with Crippen molar-refractivity contribution in [1.29, 1.82) is 0 Å². The number of aliphatic hydroxyl groups excluding tert-OH is 1. The first-order valence-corrected chi connectivity index (χ1v) is 8.77. The molecule has 1 N–H and O–H groups in total. The molecule has 4 nitrogen and oxygen atoms in total. The monoisotopic (exact) mass is 343 g/mol. The number of hydrogen-bond donors (Lipinski definition) is 1. The molecule has 1 aliphatic heterocycles. The summed E-state index contributed by atoms with van der Waals surface area (Å²) in [5.41, 5.74) is 2.00. The van der Waals surface area contributed by atoms with Gasteiger partial charge in [0.15, 0.2) is 0 Å². The summed E-state index contributed by atoms with van der Waals surface area (Å²) in [6.45, 7) is 2.51. The highest BCUT2D eigenvalue weighted by molar-refractivity contribution is 5.19. The van der Waals surface area contributed by atoms with E-state index in [0.717, 1.165) is 25.1 Å². The number of rotatable bonds is 6. The van der Waals surface area contributed by atoms with E-state index < -0.39 is 6.10 Å². The standard InChI is InChI=1S/C20H26FN3O/c1-23(14-19(25)15-5-7-18(21)8-6-15)13-17-9-11-24(2)20(17)16-4-3-10-22-12-16/h3-8,10,12,17,19-20,25H,9,11,13-14H2,1-2H3/t17-,19?,20-/m0/s1. The van der Waals surface area contributed by atoms with Crippen molar-refractivity contribution in [2.45, 2.75) is 18.6 Å². The molecule has 0 aliphatic carbocycles. The Kier molecular flexibility index (Phi) is 5.78. The number of likely N-dealkylation sites (tertiary alicyclic amines) is 1. The summed E-state index contributed by atoms with van der Waals surface area (Å²) >= 11 is 0. The number of likely N-dealkylation sites (N-methyl/N-ethyl adjacent to an activating group) is 1. The highest BCUT2D eigenvalue weighted by Gasteiger charge is 2.33. The molecule has 1 fully saturated rings. The van der Waals surface area contributed by atoms with Crippen LogP contribution in [0.25, 0.3) is 0 Å². The van der Waals surface area contributed by atoms with E-state index in [2.05, 4.69) is 27.9 Å². The van der Waals surface area contributed by atoms with Gasteiger partial charge in [0.05, 0.1) is 6.10 Å². The number of pyridine rings is 1. The summed E-state index contributed by atoms with van der Waals surface area (Å²) in [4.78, 5) is 8.81. The third-order valence-corrected chi connectivity index (χ3v) is 5.09. The minimum absolute atomic E-state index is 0.280. The van der Waals surface area contributed by atoms with Crippen LogP contribution in [0.4, 0.5) is 4.39 Å². The zero-order valence-electron chi connectivity index (χ0n) is 14.8. The summed E-state index contributed by atoms with van der Waals surface area (Å²) in [6, 6.07) is 10.6. The molecule has 2 heterocycles. The second kappa shape index (κ2) is 8.04. The lowest BCUT2D eigenvalue weighted by molar-refractivity contribution is 0.113. The van der Waals surface area contributed by atoms with Crippen LogP contribution in [-0.4, -0.2) is 53.6 Å². The van der Waals surface area contributed by atoms with Crippen LogP contribution in [0.3, 0.4) is 0 Å². The van der Waals surface area contributed by atoms with E-state index in [4.69, 9.17) is 0 Å². The third kappa shape index (κ3) is 4.42. The van der Waals surface area contributed by atoms with E-state index in [1.54, 1.807) is 18.3 Å². The average Bonchev–Trinajstić information content (AvgIpc) is 2.96. The van der Waals surface area contributed by atoms with Gasteiger partial charge in [-0.05, 0) is 62.3 Å². The maximum absolute atomic E-state index is 13.0. The van der Waals surface area contributed by atoms with Gasteiger partial charge < -0.3 is 10.0 Å². The van der Waals surface area contributed by atoms with Crippen molar-refractivity contribution in [3.63, 3.8) is 0 Å². The second-order valence-electron chi connectivity index (χ2n) is 7.05. The number of aromatic nitrogens is 1. The third-order valence-electron chi connectivity index (χ3n) is 5.09. The smallest absolute Gasteiger partial charge is 0.123 e. The number of aliphatic hydroxyl groups is 1. The molecular weight excluding hydrogens is 317 g/mol. The predicted molar refractivity (Wildman–Crippen MR) is 96.6 cm³/mol. The SMILES string of the molecule is CN(CC(O)c1ccc(F)cc1)C[C@@H]1CCN(C)[C@H]1c1cccnc1. The topological polar surface area (TPSA) is 39.6 Å². The lowest BCUT2D eigenvalue weighted by Gasteiger charge is -2.29. The van der Waals surface area contributed by atoms with Gasteiger partial charge in [0.2, 0.25) is 0 Å². The summed E-state index contributed by atoms with van der Waals surface area (Å²) in [5, 5.41) is 10.4. The molecule has 134 valence electrons. The molecule has 1 aromatic heterocycles. The van der Waals surface area contributed by atoms with Crippen LogP contribution in [-0.2, 0) is 0 Å². The van der Waals surface area contributed by atoms with Gasteiger partial charge in [-0.3, -0.25) is 9.88 Å². The molecular formula is C20H26FN3O. The van der Waals surface area contributed by atoms with Crippen LogP contribution < -0.4 is 0 Å². The Morgan fingerprint density at radius 1 is 1.32 bits per heavy atom. The van der Waals surface area contributed by atoms with Crippen molar-refractivity contribution in [2.75, 3.05) is 33.7 Å². The van der Waals surface area contributed by atoms with E-state index in [1.165, 1.54) is 17.7 Å². The highest BCUT2D eigenvalue weighted by atomic mass is 19.1. The van der Waals surface area contributed by atoms with Crippen molar-refractivity contribution >= 4 is 0 Å². The lowest BCUT2D eigenvalue weighted by Crippen LogP contribution is -2.32. The van der Waals surface area contributed by atoms with Crippen LogP contribution >= 0.6 is 0 Å². The van der Waals surface area contributed by atoms with Gasteiger partial charge in [-0.2, -0.15) is 0 Å². The zero-order chi connectivity index (χ0) is 17.8. The van der Waals surface area contributed by atoms with E-state index >= 15 is 0 Å². The van der Waals surface area contributed by atoms with Gasteiger partial charge in [0.25, 0.3) is 0 Å². The summed E-state index contributed by atoms with van der Waals surface area (Å²) in [7, 11) is 4.19. The van der Waals surface area contributed by atoms with Gasteiger partial charge in [-0.25, -0.2) is 4.39 Å². The van der Waals surface area contributed by atoms with Gasteiger partial charge >= 0.3 is 0 Å². The van der Waals surface area contributed by atoms with E-state index in [0.29, 0.717) is 18.5 Å². The Bertz CT molecular complexity index is 664. The minimum atomic E-state index is -0.610. The van der Waals surface area contributed by atoms with Crippen LogP contribution in [0.15, 0.2) is 48.8 Å². The fraction of sp³-hybridized carbons (Fsp3) is 0.450. The van der Waals surface area contributed by atoms with Crippen molar-refractivity contribution in [2.24, 2.45) is 5.92 Å². The Morgan fingerprint density at radius 3 is 2.76 bits per heavy atom. The second-order valence-corrected chi connectivity index (χ2v) is 7.05. The Hall–Kier alpha value is -1.82. The average molecular weight is 343 g/mol. The molecule has 1 aromatic carbocycles. The molecule has 0 amide bonds. The largest absolute Gasteiger partial charge is 0.387 e. The molecule has 25 heavy (non-hydrogen) atoms. The lowest BCUT2D eigenvalue weighted by atomic mass is 9.94. The Balaban J connectivity index is 1.61. The van der Waals surface area contributed by atoms with E-state index in [9.17, 15) is 9.50 Å². The van der Waals surface area contributed by atoms with E-state index in [-0.39, 0.29) is 5.82 Å². The molecule has 3 atom stereocenters. The molecule has 3 rings (SSSR count). The zero-order valence-corrected chi connectivity index (χ0v) is 14.8. The first-order chi connectivity index (χ1) is 12.0. The van der Waals surface area contributed by atoms with Crippen LogP contribution in [0.1, 0.15) is 29.7 Å².